The molecule has 4 heteroatoms. The third-order valence-corrected chi connectivity index (χ3v) is 4.45. The molecule has 0 amide bonds. The van der Waals surface area contributed by atoms with Gasteiger partial charge >= 0.3 is 0 Å². The van der Waals surface area contributed by atoms with Crippen LogP contribution in [0.1, 0.15) is 40.5 Å². The van der Waals surface area contributed by atoms with E-state index in [1.165, 1.54) is 10.4 Å². The molecule has 1 unspecified atom stereocenters. The predicted molar refractivity (Wildman–Crippen MR) is 83.2 cm³/mol. The maximum absolute atomic E-state index is 6.10. The smallest absolute Gasteiger partial charge is 0.115 e. The largest absolute Gasteiger partial charge is 0.304 e. The lowest BCUT2D eigenvalue weighted by Gasteiger charge is -2.16. The van der Waals surface area contributed by atoms with E-state index in [0.717, 1.165) is 28.7 Å². The van der Waals surface area contributed by atoms with Gasteiger partial charge in [0.1, 0.15) is 5.01 Å². The summed E-state index contributed by atoms with van der Waals surface area (Å²) in [6.07, 6.45) is 1.10. The molecule has 2 aromatic rings. The number of halogens is 1. The molecular weight excluding hydrogens is 276 g/mol. The lowest BCUT2D eigenvalue weighted by atomic mass is 10.1. The predicted octanol–water partition coefficient (Wildman–Crippen LogP) is 4.50. The third kappa shape index (κ3) is 3.56. The Kier molecular flexibility index (Phi) is 4.97. The lowest BCUT2D eigenvalue weighted by Crippen LogP contribution is -2.23. The van der Waals surface area contributed by atoms with E-state index in [0.29, 0.717) is 0 Å². The van der Waals surface area contributed by atoms with E-state index in [2.05, 4.69) is 37.1 Å². The number of hydrogen-bond donors (Lipinski definition) is 1. The highest BCUT2D eigenvalue weighted by Crippen LogP contribution is 2.29. The molecule has 0 bridgehead atoms. The molecule has 0 radical (unpaired) electrons. The van der Waals surface area contributed by atoms with Crippen molar-refractivity contribution in [3.8, 4) is 0 Å². The van der Waals surface area contributed by atoms with Gasteiger partial charge < -0.3 is 5.32 Å². The SMILES string of the molecule is CCCNC(c1cccc(Cl)c1)c1nc(C)c(C)s1. The van der Waals surface area contributed by atoms with Crippen LogP contribution >= 0.6 is 22.9 Å². The zero-order valence-electron chi connectivity index (χ0n) is 11.5. The molecule has 2 rings (SSSR count). The Hall–Kier alpha value is -0.900. The van der Waals surface area contributed by atoms with E-state index in [-0.39, 0.29) is 6.04 Å². The Labute approximate surface area is 123 Å². The average Bonchev–Trinajstić information content (AvgIpc) is 2.70. The van der Waals surface area contributed by atoms with Crippen LogP contribution in [0.25, 0.3) is 0 Å². The molecule has 2 nitrogen and oxygen atoms in total. The summed E-state index contributed by atoms with van der Waals surface area (Å²) in [5.41, 5.74) is 2.29. The first-order valence-corrected chi connectivity index (χ1v) is 7.74. The van der Waals surface area contributed by atoms with E-state index >= 15 is 0 Å². The maximum atomic E-state index is 6.10. The maximum Gasteiger partial charge on any atom is 0.115 e. The second-order valence-electron chi connectivity index (χ2n) is 4.64. The number of aromatic nitrogens is 1. The minimum absolute atomic E-state index is 0.135. The first kappa shape index (κ1) is 14.5. The van der Waals surface area contributed by atoms with E-state index in [9.17, 15) is 0 Å². The fraction of sp³-hybridized carbons (Fsp3) is 0.400. The van der Waals surface area contributed by atoms with Gasteiger partial charge in [0.15, 0.2) is 0 Å². The zero-order valence-corrected chi connectivity index (χ0v) is 13.1. The van der Waals surface area contributed by atoms with Gasteiger partial charge in [0.25, 0.3) is 0 Å². The van der Waals surface area contributed by atoms with Gasteiger partial charge in [0.05, 0.1) is 11.7 Å². The van der Waals surface area contributed by atoms with Crippen LogP contribution in [0, 0.1) is 13.8 Å². The molecule has 0 aliphatic rings. The van der Waals surface area contributed by atoms with Gasteiger partial charge in [-0.15, -0.1) is 11.3 Å². The first-order chi connectivity index (χ1) is 9.11. The monoisotopic (exact) mass is 294 g/mol. The normalized spacial score (nSPS) is 12.6. The molecule has 1 atom stereocenters. The minimum Gasteiger partial charge on any atom is -0.304 e. The number of thiazole rings is 1. The van der Waals surface area contributed by atoms with Gasteiger partial charge in [-0.3, -0.25) is 0 Å². The summed E-state index contributed by atoms with van der Waals surface area (Å²) in [6, 6.07) is 8.15. The Morgan fingerprint density at radius 2 is 2.16 bits per heavy atom. The molecule has 0 aliphatic carbocycles. The summed E-state index contributed by atoms with van der Waals surface area (Å²) < 4.78 is 0. The van der Waals surface area contributed by atoms with Crippen LogP contribution in [0.4, 0.5) is 0 Å². The number of nitrogens with zero attached hydrogens (tertiary/aromatic N) is 1. The van der Waals surface area contributed by atoms with E-state index in [4.69, 9.17) is 11.6 Å². The molecule has 0 spiro atoms. The number of nitrogens with one attached hydrogen (secondary N) is 1. The van der Waals surface area contributed by atoms with Gasteiger partial charge in [-0.1, -0.05) is 30.7 Å². The summed E-state index contributed by atoms with van der Waals surface area (Å²) in [5.74, 6) is 0. The van der Waals surface area contributed by atoms with Crippen molar-refractivity contribution in [1.29, 1.82) is 0 Å². The van der Waals surface area contributed by atoms with Gasteiger partial charge in [-0.05, 0) is 44.5 Å². The van der Waals surface area contributed by atoms with Crippen molar-refractivity contribution in [2.24, 2.45) is 0 Å². The Morgan fingerprint density at radius 1 is 1.37 bits per heavy atom. The molecule has 1 aromatic heterocycles. The van der Waals surface area contributed by atoms with Gasteiger partial charge in [-0.2, -0.15) is 0 Å². The molecule has 1 aromatic carbocycles. The highest BCUT2D eigenvalue weighted by molar-refractivity contribution is 7.11. The van der Waals surface area contributed by atoms with Crippen molar-refractivity contribution < 1.29 is 0 Å². The summed E-state index contributed by atoms with van der Waals surface area (Å²) in [7, 11) is 0. The fourth-order valence-corrected chi connectivity index (χ4v) is 3.17. The highest BCUT2D eigenvalue weighted by atomic mass is 35.5. The van der Waals surface area contributed by atoms with Crippen LogP contribution in [0.2, 0.25) is 5.02 Å². The molecule has 0 aliphatic heterocycles. The van der Waals surface area contributed by atoms with Crippen LogP contribution < -0.4 is 5.32 Å². The Bertz CT molecular complexity index is 531. The van der Waals surface area contributed by atoms with E-state index < -0.39 is 0 Å². The first-order valence-electron chi connectivity index (χ1n) is 6.54. The molecule has 0 saturated heterocycles. The molecule has 102 valence electrons. The van der Waals surface area contributed by atoms with Crippen molar-refractivity contribution >= 4 is 22.9 Å². The van der Waals surface area contributed by atoms with Crippen molar-refractivity contribution in [3.63, 3.8) is 0 Å². The third-order valence-electron chi connectivity index (χ3n) is 3.07. The van der Waals surface area contributed by atoms with Crippen LogP contribution in [0.3, 0.4) is 0 Å². The highest BCUT2D eigenvalue weighted by Gasteiger charge is 2.18. The summed E-state index contributed by atoms with van der Waals surface area (Å²) >= 11 is 7.86. The molecule has 19 heavy (non-hydrogen) atoms. The van der Waals surface area contributed by atoms with Gasteiger partial charge in [0.2, 0.25) is 0 Å². The van der Waals surface area contributed by atoms with Crippen LogP contribution in [-0.2, 0) is 0 Å². The minimum atomic E-state index is 0.135. The van der Waals surface area contributed by atoms with Crippen molar-refractivity contribution in [3.05, 3.63) is 50.4 Å². The van der Waals surface area contributed by atoms with Crippen LogP contribution in [0.15, 0.2) is 24.3 Å². The molecule has 0 fully saturated rings. The number of rotatable bonds is 5. The van der Waals surface area contributed by atoms with Gasteiger partial charge in [0, 0.05) is 9.90 Å². The average molecular weight is 295 g/mol. The second kappa shape index (κ2) is 6.51. The fourth-order valence-electron chi connectivity index (χ4n) is 1.94. The van der Waals surface area contributed by atoms with E-state index in [1.54, 1.807) is 11.3 Å². The van der Waals surface area contributed by atoms with Crippen molar-refractivity contribution in [1.82, 2.24) is 10.3 Å². The zero-order chi connectivity index (χ0) is 13.8. The lowest BCUT2D eigenvalue weighted by molar-refractivity contribution is 0.595. The molecule has 1 heterocycles. The number of aryl methyl sites for hydroxylation is 2. The Balaban J connectivity index is 2.35. The molecular formula is C15H19ClN2S. The second-order valence-corrected chi connectivity index (χ2v) is 6.31. The topological polar surface area (TPSA) is 24.9 Å². The van der Waals surface area contributed by atoms with Crippen molar-refractivity contribution in [2.75, 3.05) is 6.54 Å². The Morgan fingerprint density at radius 3 is 2.74 bits per heavy atom. The summed E-state index contributed by atoms with van der Waals surface area (Å²) in [4.78, 5) is 5.96. The summed E-state index contributed by atoms with van der Waals surface area (Å²) in [6.45, 7) is 7.31. The van der Waals surface area contributed by atoms with Crippen LogP contribution in [0.5, 0.6) is 0 Å². The summed E-state index contributed by atoms with van der Waals surface area (Å²) in [5, 5.41) is 5.44. The van der Waals surface area contributed by atoms with Crippen molar-refractivity contribution in [2.45, 2.75) is 33.2 Å². The van der Waals surface area contributed by atoms with Crippen LogP contribution in [-0.4, -0.2) is 11.5 Å². The van der Waals surface area contributed by atoms with Gasteiger partial charge in [-0.25, -0.2) is 4.98 Å². The van der Waals surface area contributed by atoms with E-state index in [1.807, 2.05) is 18.2 Å². The number of benzene rings is 1. The molecule has 0 saturated carbocycles. The quantitative estimate of drug-likeness (QED) is 0.878. The molecule has 1 N–H and O–H groups in total. The number of hydrogen-bond acceptors (Lipinski definition) is 3. The standard InChI is InChI=1S/C15H19ClN2S/c1-4-8-17-14(12-6-5-7-13(16)9-12)15-18-10(2)11(3)19-15/h5-7,9,14,17H,4,8H2,1-3H3.